The number of anilines is 1. The number of sulfonamides is 1. The maximum absolute atomic E-state index is 12.6. The van der Waals surface area contributed by atoms with Gasteiger partial charge in [0, 0.05) is 17.8 Å². The molecule has 2 rings (SSSR count). The van der Waals surface area contributed by atoms with Gasteiger partial charge in [0.15, 0.2) is 0 Å². The molecule has 3 N–H and O–H groups in total. The average molecular weight is 368 g/mol. The molecular formula is C18H28N2O4S. The third-order valence-electron chi connectivity index (χ3n) is 4.58. The molecule has 1 fully saturated rings. The zero-order chi connectivity index (χ0) is 18.4. The van der Waals surface area contributed by atoms with Gasteiger partial charge in [-0.25, -0.2) is 17.9 Å². The molecule has 0 bridgehead atoms. The fourth-order valence-corrected chi connectivity index (χ4v) is 4.60. The van der Waals surface area contributed by atoms with Crippen LogP contribution in [-0.4, -0.2) is 31.6 Å². The molecule has 140 valence electrons. The average Bonchev–Trinajstić information content (AvgIpc) is 2.55. The lowest BCUT2D eigenvalue weighted by atomic mass is 9.96. The van der Waals surface area contributed by atoms with Crippen molar-refractivity contribution in [3.8, 4) is 0 Å². The summed E-state index contributed by atoms with van der Waals surface area (Å²) in [4.78, 5) is 11.6. The Morgan fingerprint density at radius 1 is 1.28 bits per heavy atom. The first-order valence-corrected chi connectivity index (χ1v) is 10.5. The fraction of sp³-hybridized carbons (Fsp3) is 0.611. The van der Waals surface area contributed by atoms with Crippen LogP contribution >= 0.6 is 0 Å². The zero-order valence-electron chi connectivity index (χ0n) is 14.9. The molecule has 6 nitrogen and oxygen atoms in total. The van der Waals surface area contributed by atoms with Crippen molar-refractivity contribution in [2.24, 2.45) is 0 Å². The number of carboxylic acid groups (broad SMARTS) is 1. The molecule has 1 aliphatic carbocycles. The minimum atomic E-state index is -3.71. The Kier molecular flexibility index (Phi) is 6.84. The molecule has 0 amide bonds. The van der Waals surface area contributed by atoms with Gasteiger partial charge in [0.1, 0.15) is 0 Å². The number of carbonyl (C=O) groups is 1. The third-order valence-corrected chi connectivity index (χ3v) is 6.10. The number of hydrogen-bond acceptors (Lipinski definition) is 4. The summed E-state index contributed by atoms with van der Waals surface area (Å²) in [6.45, 7) is 4.04. The SMILES string of the molecule is CCC[C@@H](C)Nc1ccc(S(=O)(=O)NC2CCCCC2)cc1C(=O)O. The highest BCUT2D eigenvalue weighted by atomic mass is 32.2. The van der Waals surface area contributed by atoms with Crippen LogP contribution in [0.3, 0.4) is 0 Å². The number of benzene rings is 1. The first-order valence-electron chi connectivity index (χ1n) is 8.99. The monoisotopic (exact) mass is 368 g/mol. The van der Waals surface area contributed by atoms with Crippen molar-refractivity contribution in [3.63, 3.8) is 0 Å². The molecule has 0 spiro atoms. The Hall–Kier alpha value is -1.60. The molecule has 0 radical (unpaired) electrons. The molecule has 1 atom stereocenters. The van der Waals surface area contributed by atoms with Gasteiger partial charge in [-0.1, -0.05) is 32.6 Å². The second-order valence-electron chi connectivity index (χ2n) is 6.80. The van der Waals surface area contributed by atoms with E-state index in [1.807, 2.05) is 6.92 Å². The summed E-state index contributed by atoms with van der Waals surface area (Å²) < 4.78 is 27.9. The topological polar surface area (TPSA) is 95.5 Å². The lowest BCUT2D eigenvalue weighted by molar-refractivity contribution is 0.0697. The van der Waals surface area contributed by atoms with E-state index in [1.165, 1.54) is 12.1 Å². The summed E-state index contributed by atoms with van der Waals surface area (Å²) in [7, 11) is -3.71. The van der Waals surface area contributed by atoms with E-state index in [4.69, 9.17) is 0 Å². The number of rotatable bonds is 8. The Labute approximate surface area is 150 Å². The van der Waals surface area contributed by atoms with Gasteiger partial charge >= 0.3 is 5.97 Å². The van der Waals surface area contributed by atoms with E-state index in [9.17, 15) is 18.3 Å². The molecule has 1 aliphatic rings. The Morgan fingerprint density at radius 2 is 1.96 bits per heavy atom. The fourth-order valence-electron chi connectivity index (χ4n) is 3.27. The van der Waals surface area contributed by atoms with Gasteiger partial charge in [0.2, 0.25) is 10.0 Å². The largest absolute Gasteiger partial charge is 0.478 e. The summed E-state index contributed by atoms with van der Waals surface area (Å²) in [5.74, 6) is -1.14. The number of carboxylic acids is 1. The van der Waals surface area contributed by atoms with Gasteiger partial charge in [-0.3, -0.25) is 0 Å². The van der Waals surface area contributed by atoms with E-state index < -0.39 is 16.0 Å². The lowest BCUT2D eigenvalue weighted by Gasteiger charge is -2.23. The van der Waals surface area contributed by atoms with Crippen molar-refractivity contribution in [1.29, 1.82) is 0 Å². The van der Waals surface area contributed by atoms with Crippen LogP contribution in [-0.2, 0) is 10.0 Å². The molecule has 0 saturated heterocycles. The van der Waals surface area contributed by atoms with Crippen LogP contribution in [0.4, 0.5) is 5.69 Å². The van der Waals surface area contributed by atoms with E-state index in [2.05, 4.69) is 17.0 Å². The van der Waals surface area contributed by atoms with Crippen LogP contribution in [0.1, 0.15) is 69.2 Å². The highest BCUT2D eigenvalue weighted by Gasteiger charge is 2.24. The summed E-state index contributed by atoms with van der Waals surface area (Å²) >= 11 is 0. The van der Waals surface area contributed by atoms with Gasteiger partial charge in [-0.2, -0.15) is 0 Å². The van der Waals surface area contributed by atoms with E-state index in [1.54, 1.807) is 6.07 Å². The highest BCUT2D eigenvalue weighted by molar-refractivity contribution is 7.89. The van der Waals surface area contributed by atoms with Gasteiger partial charge < -0.3 is 10.4 Å². The standard InChI is InChI=1S/C18H28N2O4S/c1-3-7-13(2)19-17-11-10-15(12-16(17)18(21)22)25(23,24)20-14-8-5-4-6-9-14/h10-14,19-20H,3-9H2,1-2H3,(H,21,22)/t13-/m1/s1. The van der Waals surface area contributed by atoms with Crippen LogP contribution in [0.25, 0.3) is 0 Å². The molecule has 0 aliphatic heterocycles. The van der Waals surface area contributed by atoms with Crippen LogP contribution < -0.4 is 10.0 Å². The molecule has 25 heavy (non-hydrogen) atoms. The molecular weight excluding hydrogens is 340 g/mol. The first-order chi connectivity index (χ1) is 11.8. The first kappa shape index (κ1) is 19.7. The Bertz CT molecular complexity index is 697. The van der Waals surface area contributed by atoms with Crippen molar-refractivity contribution in [2.45, 2.75) is 75.8 Å². The maximum atomic E-state index is 12.6. The van der Waals surface area contributed by atoms with Gasteiger partial charge in [0.05, 0.1) is 10.5 Å². The van der Waals surface area contributed by atoms with Gasteiger partial charge in [-0.15, -0.1) is 0 Å². The Morgan fingerprint density at radius 3 is 2.56 bits per heavy atom. The predicted molar refractivity (Wildman–Crippen MR) is 98.6 cm³/mol. The zero-order valence-corrected chi connectivity index (χ0v) is 15.7. The molecule has 1 aromatic carbocycles. The van der Waals surface area contributed by atoms with Crippen LogP contribution in [0, 0.1) is 0 Å². The summed E-state index contributed by atoms with van der Waals surface area (Å²) in [5, 5.41) is 12.6. The van der Waals surface area contributed by atoms with E-state index in [0.29, 0.717) is 5.69 Å². The summed E-state index contributed by atoms with van der Waals surface area (Å²) in [5.41, 5.74) is 0.430. The van der Waals surface area contributed by atoms with E-state index >= 15 is 0 Å². The van der Waals surface area contributed by atoms with Crippen molar-refractivity contribution in [3.05, 3.63) is 23.8 Å². The second-order valence-corrected chi connectivity index (χ2v) is 8.52. The van der Waals surface area contributed by atoms with Gasteiger partial charge in [0.25, 0.3) is 0 Å². The number of hydrogen-bond donors (Lipinski definition) is 3. The highest BCUT2D eigenvalue weighted by Crippen LogP contribution is 2.24. The van der Waals surface area contributed by atoms with Crippen LogP contribution in [0.5, 0.6) is 0 Å². The maximum Gasteiger partial charge on any atom is 0.337 e. The van der Waals surface area contributed by atoms with Crippen molar-refractivity contribution in [1.82, 2.24) is 4.72 Å². The molecule has 7 heteroatoms. The van der Waals surface area contributed by atoms with E-state index in [0.717, 1.165) is 44.9 Å². The van der Waals surface area contributed by atoms with Crippen LogP contribution in [0.2, 0.25) is 0 Å². The normalized spacial score (nSPS) is 17.2. The van der Waals surface area contributed by atoms with Crippen molar-refractivity contribution < 1.29 is 18.3 Å². The minimum Gasteiger partial charge on any atom is -0.478 e. The number of nitrogens with one attached hydrogen (secondary N) is 2. The molecule has 0 heterocycles. The molecule has 0 unspecified atom stereocenters. The van der Waals surface area contributed by atoms with Gasteiger partial charge in [-0.05, 0) is 44.4 Å². The minimum absolute atomic E-state index is 0.00386. The second kappa shape index (κ2) is 8.67. The predicted octanol–water partition coefficient (Wildman–Crippen LogP) is 3.60. The lowest BCUT2D eigenvalue weighted by Crippen LogP contribution is -2.36. The molecule has 0 aromatic heterocycles. The summed E-state index contributed by atoms with van der Waals surface area (Å²) in [6.07, 6.45) is 6.73. The van der Waals surface area contributed by atoms with Crippen molar-refractivity contribution in [2.75, 3.05) is 5.32 Å². The van der Waals surface area contributed by atoms with E-state index in [-0.39, 0.29) is 22.5 Å². The quantitative estimate of drug-likeness (QED) is 0.652. The third kappa shape index (κ3) is 5.44. The number of aromatic carboxylic acids is 1. The smallest absolute Gasteiger partial charge is 0.337 e. The van der Waals surface area contributed by atoms with Crippen molar-refractivity contribution >= 4 is 21.7 Å². The summed E-state index contributed by atoms with van der Waals surface area (Å²) in [6, 6.07) is 4.32. The molecule has 1 saturated carbocycles. The molecule has 1 aromatic rings. The Balaban J connectivity index is 2.23. The van der Waals surface area contributed by atoms with Crippen LogP contribution in [0.15, 0.2) is 23.1 Å².